The number of benzene rings is 1. The van der Waals surface area contributed by atoms with Crippen molar-refractivity contribution in [1.29, 1.82) is 0 Å². The zero-order chi connectivity index (χ0) is 16.9. The first-order chi connectivity index (χ1) is 10.9. The van der Waals surface area contributed by atoms with E-state index in [0.29, 0.717) is 26.4 Å². The van der Waals surface area contributed by atoms with Gasteiger partial charge in [-0.15, -0.1) is 0 Å². The highest BCUT2D eigenvalue weighted by molar-refractivity contribution is 6.63. The smallest absolute Gasteiger partial charge is 0.492 e. The van der Waals surface area contributed by atoms with E-state index in [1.807, 2.05) is 52.0 Å². The number of hydrogen-bond acceptors (Lipinski definition) is 5. The second-order valence-corrected chi connectivity index (χ2v) is 6.58. The topological polar surface area (TPSA) is 46.2 Å². The van der Waals surface area contributed by atoms with Crippen molar-refractivity contribution in [1.82, 2.24) is 0 Å². The Morgan fingerprint density at radius 1 is 0.913 bits per heavy atom. The molecule has 0 N–H and O–H groups in total. The molecule has 0 atom stereocenters. The highest BCUT2D eigenvalue weighted by atomic mass is 16.7. The molecule has 2 rings (SSSR count). The van der Waals surface area contributed by atoms with Gasteiger partial charge in [0.2, 0.25) is 0 Å². The van der Waals surface area contributed by atoms with Gasteiger partial charge in [0.15, 0.2) is 0 Å². The first-order valence-corrected chi connectivity index (χ1v) is 8.01. The number of hydrogen-bond donors (Lipinski definition) is 0. The van der Waals surface area contributed by atoms with Crippen LogP contribution < -0.4 is 10.2 Å². The fourth-order valence-electron chi connectivity index (χ4n) is 2.23. The van der Waals surface area contributed by atoms with Gasteiger partial charge in [0.05, 0.1) is 31.0 Å². The summed E-state index contributed by atoms with van der Waals surface area (Å²) in [5.74, 6) is 0.765. The van der Waals surface area contributed by atoms with Crippen molar-refractivity contribution >= 4 is 12.6 Å². The molecule has 1 aliphatic heterocycles. The Morgan fingerprint density at radius 3 is 2.17 bits per heavy atom. The van der Waals surface area contributed by atoms with E-state index >= 15 is 0 Å². The predicted molar refractivity (Wildman–Crippen MR) is 90.3 cm³/mol. The largest absolute Gasteiger partial charge is 0.498 e. The Balaban J connectivity index is 1.96. The van der Waals surface area contributed by atoms with Crippen LogP contribution in [0, 0.1) is 0 Å². The molecular weight excluding hydrogens is 295 g/mol. The van der Waals surface area contributed by atoms with Crippen LogP contribution in [-0.4, -0.2) is 51.9 Å². The molecule has 6 heteroatoms. The van der Waals surface area contributed by atoms with Crippen LogP contribution in [0.3, 0.4) is 0 Å². The summed E-state index contributed by atoms with van der Waals surface area (Å²) in [6.07, 6.45) is 0. The van der Waals surface area contributed by atoms with Crippen molar-refractivity contribution in [3.05, 3.63) is 24.3 Å². The van der Waals surface area contributed by atoms with Gasteiger partial charge in [-0.05, 0) is 33.8 Å². The van der Waals surface area contributed by atoms with Crippen LogP contribution >= 0.6 is 0 Å². The maximum absolute atomic E-state index is 6.10. The third kappa shape index (κ3) is 4.47. The minimum Gasteiger partial charge on any atom is -0.492 e. The maximum Gasteiger partial charge on any atom is 0.498 e. The second kappa shape index (κ2) is 7.66. The lowest BCUT2D eigenvalue weighted by Gasteiger charge is -2.32. The average Bonchev–Trinajstić information content (AvgIpc) is 2.71. The fourth-order valence-corrected chi connectivity index (χ4v) is 2.23. The van der Waals surface area contributed by atoms with E-state index in [9.17, 15) is 0 Å². The molecule has 0 amide bonds. The second-order valence-electron chi connectivity index (χ2n) is 6.58. The molecule has 1 fully saturated rings. The molecule has 0 saturated carbocycles. The third-order valence-electron chi connectivity index (χ3n) is 4.34. The Labute approximate surface area is 139 Å². The number of methoxy groups -OCH3 is 1. The normalized spacial score (nSPS) is 19.1. The van der Waals surface area contributed by atoms with Gasteiger partial charge in [0.25, 0.3) is 0 Å². The van der Waals surface area contributed by atoms with E-state index in [1.54, 1.807) is 7.11 Å². The highest BCUT2D eigenvalue weighted by Gasteiger charge is 2.52. The number of para-hydroxylation sites is 1. The first kappa shape index (κ1) is 18.3. The summed E-state index contributed by atoms with van der Waals surface area (Å²) in [5.41, 5.74) is 0.172. The highest BCUT2D eigenvalue weighted by Crippen LogP contribution is 2.37. The van der Waals surface area contributed by atoms with Gasteiger partial charge in [0.1, 0.15) is 12.4 Å². The van der Waals surface area contributed by atoms with E-state index in [2.05, 4.69) is 0 Å². The summed E-state index contributed by atoms with van der Waals surface area (Å²) in [7, 11) is 1.23. The van der Waals surface area contributed by atoms with E-state index < -0.39 is 7.12 Å². The summed E-state index contributed by atoms with van der Waals surface area (Å²) in [6.45, 7) is 10.3. The van der Waals surface area contributed by atoms with Crippen LogP contribution in [-0.2, 0) is 18.8 Å². The SMILES string of the molecule is COCCOCCOc1ccccc1B1OC(C)(C)C(C)(C)O1. The molecule has 1 aromatic rings. The Bertz CT molecular complexity index is 488. The van der Waals surface area contributed by atoms with Gasteiger partial charge >= 0.3 is 7.12 Å². The zero-order valence-electron chi connectivity index (χ0n) is 14.8. The summed E-state index contributed by atoms with van der Waals surface area (Å²) in [6, 6.07) is 7.80. The van der Waals surface area contributed by atoms with Gasteiger partial charge < -0.3 is 23.5 Å². The molecule has 0 radical (unpaired) electrons. The van der Waals surface area contributed by atoms with Crippen LogP contribution in [0.2, 0.25) is 0 Å². The molecule has 1 aliphatic rings. The summed E-state index contributed by atoms with van der Waals surface area (Å²) < 4.78 is 28.4. The zero-order valence-corrected chi connectivity index (χ0v) is 14.8. The Hall–Kier alpha value is -1.08. The van der Waals surface area contributed by atoms with E-state index in [0.717, 1.165) is 11.2 Å². The van der Waals surface area contributed by atoms with Crippen molar-refractivity contribution < 1.29 is 23.5 Å². The standard InChI is InChI=1S/C17H27BO5/c1-16(2)17(3,4)23-18(22-16)14-8-6-7-9-15(14)21-13-12-20-11-10-19-5/h6-9H,10-13H2,1-5H3. The molecule has 23 heavy (non-hydrogen) atoms. The van der Waals surface area contributed by atoms with Crippen LogP contribution in [0.4, 0.5) is 0 Å². The molecule has 5 nitrogen and oxygen atoms in total. The van der Waals surface area contributed by atoms with Crippen molar-refractivity contribution in [2.24, 2.45) is 0 Å². The summed E-state index contributed by atoms with van der Waals surface area (Å²) in [5, 5.41) is 0. The monoisotopic (exact) mass is 322 g/mol. The van der Waals surface area contributed by atoms with E-state index in [1.165, 1.54) is 0 Å². The predicted octanol–water partition coefficient (Wildman–Crippen LogP) is 2.03. The molecular formula is C17H27BO5. The Morgan fingerprint density at radius 2 is 1.52 bits per heavy atom. The van der Waals surface area contributed by atoms with Gasteiger partial charge in [-0.3, -0.25) is 0 Å². The van der Waals surface area contributed by atoms with Crippen molar-refractivity contribution in [3.63, 3.8) is 0 Å². The average molecular weight is 322 g/mol. The molecule has 1 saturated heterocycles. The molecule has 0 unspecified atom stereocenters. The van der Waals surface area contributed by atoms with Crippen LogP contribution in [0.5, 0.6) is 5.75 Å². The number of rotatable bonds is 8. The van der Waals surface area contributed by atoms with Gasteiger partial charge in [-0.25, -0.2) is 0 Å². The minimum absolute atomic E-state index is 0.367. The summed E-state index contributed by atoms with van der Waals surface area (Å²) >= 11 is 0. The third-order valence-corrected chi connectivity index (χ3v) is 4.34. The van der Waals surface area contributed by atoms with Gasteiger partial charge in [-0.1, -0.05) is 18.2 Å². The quantitative estimate of drug-likeness (QED) is 0.541. The molecule has 0 spiro atoms. The van der Waals surface area contributed by atoms with Gasteiger partial charge in [-0.2, -0.15) is 0 Å². The lowest BCUT2D eigenvalue weighted by molar-refractivity contribution is 0.00578. The van der Waals surface area contributed by atoms with E-state index in [4.69, 9.17) is 23.5 Å². The van der Waals surface area contributed by atoms with Crippen molar-refractivity contribution in [3.8, 4) is 5.75 Å². The summed E-state index contributed by atoms with van der Waals surface area (Å²) in [4.78, 5) is 0. The molecule has 0 bridgehead atoms. The molecule has 0 aliphatic carbocycles. The van der Waals surface area contributed by atoms with Gasteiger partial charge in [0, 0.05) is 12.6 Å². The molecule has 1 heterocycles. The van der Waals surface area contributed by atoms with Crippen LogP contribution in [0.1, 0.15) is 27.7 Å². The van der Waals surface area contributed by atoms with Crippen LogP contribution in [0.25, 0.3) is 0 Å². The van der Waals surface area contributed by atoms with Crippen molar-refractivity contribution in [2.45, 2.75) is 38.9 Å². The Kier molecular flexibility index (Phi) is 6.09. The molecule has 1 aromatic carbocycles. The first-order valence-electron chi connectivity index (χ1n) is 8.01. The number of ether oxygens (including phenoxy) is 3. The lowest BCUT2D eigenvalue weighted by Crippen LogP contribution is -2.41. The van der Waals surface area contributed by atoms with Crippen molar-refractivity contribution in [2.75, 3.05) is 33.5 Å². The van der Waals surface area contributed by atoms with E-state index in [-0.39, 0.29) is 11.2 Å². The minimum atomic E-state index is -0.425. The van der Waals surface area contributed by atoms with Crippen LogP contribution in [0.15, 0.2) is 24.3 Å². The molecule has 0 aromatic heterocycles. The molecule has 128 valence electrons. The fraction of sp³-hybridized carbons (Fsp3) is 0.647. The lowest BCUT2D eigenvalue weighted by atomic mass is 9.78. The maximum atomic E-state index is 6.10.